The Bertz CT molecular complexity index is 897. The van der Waals surface area contributed by atoms with Gasteiger partial charge in [-0.15, -0.1) is 0 Å². The first-order chi connectivity index (χ1) is 12.9. The van der Waals surface area contributed by atoms with Gasteiger partial charge in [0.05, 0.1) is 7.11 Å². The zero-order valence-electron chi connectivity index (χ0n) is 16.9. The largest absolute Gasteiger partial charge is 0.508 e. The zero-order chi connectivity index (χ0) is 19.0. The molecule has 3 aliphatic rings. The Balaban J connectivity index is 1.79. The topological polar surface area (TPSA) is 29.5 Å². The molecule has 2 aromatic rings. The van der Waals surface area contributed by atoms with Crippen molar-refractivity contribution in [3.05, 3.63) is 58.7 Å². The summed E-state index contributed by atoms with van der Waals surface area (Å²) < 4.78 is 5.88. The first kappa shape index (κ1) is 17.2. The van der Waals surface area contributed by atoms with Crippen molar-refractivity contribution in [3.8, 4) is 11.5 Å². The van der Waals surface area contributed by atoms with Gasteiger partial charge < -0.3 is 9.84 Å². The van der Waals surface area contributed by atoms with E-state index < -0.39 is 0 Å². The Hall–Kier alpha value is -1.96. The van der Waals surface area contributed by atoms with Crippen LogP contribution in [0.25, 0.3) is 0 Å². The maximum atomic E-state index is 11.0. The van der Waals surface area contributed by atoms with Crippen LogP contribution in [0.1, 0.15) is 55.9 Å². The highest BCUT2D eigenvalue weighted by atomic mass is 16.5. The molecule has 142 valence electrons. The number of benzene rings is 2. The van der Waals surface area contributed by atoms with Crippen molar-refractivity contribution in [2.45, 2.75) is 51.9 Å². The lowest BCUT2D eigenvalue weighted by Crippen LogP contribution is -2.46. The average Bonchev–Trinajstić information content (AvgIpc) is 3.14. The SMILES string of the molecule is COc1cccc2c1[C@]13c4c(O)cccc4C[C@H]1CC(C(C)(C)C)C[C@@H]3C2. The lowest BCUT2D eigenvalue weighted by Gasteiger charge is -2.50. The highest BCUT2D eigenvalue weighted by Crippen LogP contribution is 2.67. The van der Waals surface area contributed by atoms with E-state index in [0.717, 1.165) is 24.5 Å². The fraction of sp³-hybridized carbons (Fsp3) is 0.520. The highest BCUT2D eigenvalue weighted by Gasteiger charge is 2.62. The highest BCUT2D eigenvalue weighted by molar-refractivity contribution is 5.64. The minimum Gasteiger partial charge on any atom is -0.508 e. The van der Waals surface area contributed by atoms with Gasteiger partial charge >= 0.3 is 0 Å². The molecule has 2 heteroatoms. The first-order valence-electron chi connectivity index (χ1n) is 10.3. The van der Waals surface area contributed by atoms with E-state index in [1.54, 1.807) is 7.11 Å². The van der Waals surface area contributed by atoms with E-state index in [1.807, 2.05) is 12.1 Å². The number of hydrogen-bond acceptors (Lipinski definition) is 2. The normalized spacial score (nSPS) is 31.0. The van der Waals surface area contributed by atoms with Crippen molar-refractivity contribution in [1.82, 2.24) is 0 Å². The minimum atomic E-state index is -0.0790. The molecule has 0 aliphatic heterocycles. The van der Waals surface area contributed by atoms with Crippen molar-refractivity contribution in [2.24, 2.45) is 23.2 Å². The molecule has 27 heavy (non-hydrogen) atoms. The quantitative estimate of drug-likeness (QED) is 0.727. The van der Waals surface area contributed by atoms with Gasteiger partial charge in [0.2, 0.25) is 0 Å². The van der Waals surface area contributed by atoms with Gasteiger partial charge in [0.1, 0.15) is 11.5 Å². The molecule has 0 bridgehead atoms. The third kappa shape index (κ3) is 2.13. The predicted molar refractivity (Wildman–Crippen MR) is 108 cm³/mol. The molecule has 1 spiro atoms. The zero-order valence-corrected chi connectivity index (χ0v) is 16.9. The molecule has 4 atom stereocenters. The van der Waals surface area contributed by atoms with Crippen LogP contribution >= 0.6 is 0 Å². The fourth-order valence-electron chi connectivity index (χ4n) is 6.78. The molecule has 1 saturated carbocycles. The number of aromatic hydroxyl groups is 1. The van der Waals surface area contributed by atoms with Gasteiger partial charge in [-0.3, -0.25) is 0 Å². The number of methoxy groups -OCH3 is 1. The molecule has 0 saturated heterocycles. The number of ether oxygens (including phenoxy) is 1. The van der Waals surface area contributed by atoms with Crippen LogP contribution in [0.4, 0.5) is 0 Å². The third-order valence-corrected chi connectivity index (χ3v) is 7.87. The molecule has 1 unspecified atom stereocenters. The molecule has 0 amide bonds. The van der Waals surface area contributed by atoms with Gasteiger partial charge in [-0.1, -0.05) is 45.0 Å². The number of fused-ring (bicyclic) bond motifs is 2. The van der Waals surface area contributed by atoms with Gasteiger partial charge in [-0.05, 0) is 72.1 Å². The van der Waals surface area contributed by atoms with E-state index >= 15 is 0 Å². The molecule has 2 aromatic carbocycles. The second-order valence-electron chi connectivity index (χ2n) is 10.0. The summed E-state index contributed by atoms with van der Waals surface area (Å²) in [4.78, 5) is 0. The summed E-state index contributed by atoms with van der Waals surface area (Å²) in [6.07, 6.45) is 4.63. The summed E-state index contributed by atoms with van der Waals surface area (Å²) in [5.74, 6) is 3.29. The van der Waals surface area contributed by atoms with Gasteiger partial charge in [0, 0.05) is 16.5 Å². The number of rotatable bonds is 1. The molecule has 0 radical (unpaired) electrons. The lowest BCUT2D eigenvalue weighted by molar-refractivity contribution is 0.0590. The van der Waals surface area contributed by atoms with Crippen molar-refractivity contribution in [3.63, 3.8) is 0 Å². The Morgan fingerprint density at radius 2 is 1.52 bits per heavy atom. The predicted octanol–water partition coefficient (Wildman–Crippen LogP) is 5.49. The van der Waals surface area contributed by atoms with Crippen LogP contribution in [0.15, 0.2) is 36.4 Å². The minimum absolute atomic E-state index is 0.0790. The summed E-state index contributed by atoms with van der Waals surface area (Å²) in [6, 6.07) is 12.7. The van der Waals surface area contributed by atoms with E-state index in [9.17, 15) is 5.11 Å². The molecule has 1 N–H and O–H groups in total. The second kappa shape index (κ2) is 5.53. The maximum absolute atomic E-state index is 11.0. The Morgan fingerprint density at radius 1 is 0.926 bits per heavy atom. The van der Waals surface area contributed by atoms with E-state index in [4.69, 9.17) is 4.74 Å². The van der Waals surface area contributed by atoms with Crippen molar-refractivity contribution >= 4 is 0 Å². The Labute approximate surface area is 162 Å². The van der Waals surface area contributed by atoms with Crippen LogP contribution < -0.4 is 4.74 Å². The van der Waals surface area contributed by atoms with Crippen LogP contribution in [-0.4, -0.2) is 12.2 Å². The molecular weight excluding hydrogens is 332 g/mol. The van der Waals surface area contributed by atoms with Crippen LogP contribution in [0.2, 0.25) is 0 Å². The molecule has 2 nitrogen and oxygen atoms in total. The van der Waals surface area contributed by atoms with E-state index in [1.165, 1.54) is 35.1 Å². The molecule has 3 aliphatic carbocycles. The summed E-state index contributed by atoms with van der Waals surface area (Å²) in [7, 11) is 1.79. The van der Waals surface area contributed by atoms with E-state index in [-0.39, 0.29) is 5.41 Å². The smallest absolute Gasteiger partial charge is 0.123 e. The molecule has 0 heterocycles. The Morgan fingerprint density at radius 3 is 2.11 bits per heavy atom. The third-order valence-electron chi connectivity index (χ3n) is 7.87. The molecule has 1 fully saturated rings. The van der Waals surface area contributed by atoms with Gasteiger partial charge in [0.15, 0.2) is 0 Å². The summed E-state index contributed by atoms with van der Waals surface area (Å²) in [5, 5.41) is 11.0. The van der Waals surface area contributed by atoms with Crippen LogP contribution in [0, 0.1) is 23.2 Å². The van der Waals surface area contributed by atoms with Crippen molar-refractivity contribution in [1.29, 1.82) is 0 Å². The van der Waals surface area contributed by atoms with Gasteiger partial charge in [-0.2, -0.15) is 0 Å². The lowest BCUT2D eigenvalue weighted by atomic mass is 9.53. The summed E-state index contributed by atoms with van der Waals surface area (Å²) >= 11 is 0. The number of phenols is 1. The molecular formula is C25H30O2. The molecule has 5 rings (SSSR count). The Kier molecular flexibility index (Phi) is 3.51. The second-order valence-corrected chi connectivity index (χ2v) is 10.0. The van der Waals surface area contributed by atoms with Crippen LogP contribution in [-0.2, 0) is 18.3 Å². The van der Waals surface area contributed by atoms with Gasteiger partial charge in [-0.25, -0.2) is 0 Å². The van der Waals surface area contributed by atoms with Crippen LogP contribution in [0.5, 0.6) is 11.5 Å². The molecule has 0 aromatic heterocycles. The van der Waals surface area contributed by atoms with Crippen molar-refractivity contribution < 1.29 is 9.84 Å². The number of phenolic OH excluding ortho intramolecular Hbond substituents is 1. The summed E-state index contributed by atoms with van der Waals surface area (Å²) in [5.41, 5.74) is 5.59. The summed E-state index contributed by atoms with van der Waals surface area (Å²) in [6.45, 7) is 7.19. The standard InChI is InChI=1S/C25H30O2/c1-24(2,3)17-13-18-11-15-7-5-9-20(26)22(15)25(18)19(14-17)12-16-8-6-10-21(27-4)23(16)25/h5-10,17-19,26H,11-14H2,1-4H3/t17?,18-,19-,25+/m0/s1. The maximum Gasteiger partial charge on any atom is 0.123 e. The van der Waals surface area contributed by atoms with Crippen molar-refractivity contribution in [2.75, 3.05) is 7.11 Å². The van der Waals surface area contributed by atoms with Gasteiger partial charge in [0.25, 0.3) is 0 Å². The number of hydrogen-bond donors (Lipinski definition) is 1. The van der Waals surface area contributed by atoms with E-state index in [2.05, 4.69) is 45.0 Å². The van der Waals surface area contributed by atoms with E-state index in [0.29, 0.717) is 23.0 Å². The van der Waals surface area contributed by atoms with Crippen LogP contribution in [0.3, 0.4) is 0 Å². The monoisotopic (exact) mass is 362 g/mol. The first-order valence-corrected chi connectivity index (χ1v) is 10.3. The average molecular weight is 363 g/mol. The fourth-order valence-corrected chi connectivity index (χ4v) is 6.78.